The van der Waals surface area contributed by atoms with Crippen molar-refractivity contribution in [2.45, 2.75) is 12.8 Å². The Morgan fingerprint density at radius 2 is 1.75 bits per heavy atom. The number of hydrogen-bond acceptors (Lipinski definition) is 3. The van der Waals surface area contributed by atoms with Gasteiger partial charge >= 0.3 is 0 Å². The molecule has 7 heteroatoms. The number of amides is 2. The number of halogens is 2. The molecular formula is C21H23F2N3O2. The molecule has 0 spiro atoms. The van der Waals surface area contributed by atoms with Gasteiger partial charge in [0.1, 0.15) is 11.6 Å². The minimum Gasteiger partial charge on any atom is -0.376 e. The highest BCUT2D eigenvalue weighted by atomic mass is 19.1. The molecule has 148 valence electrons. The third-order valence-corrected chi connectivity index (χ3v) is 4.96. The summed E-state index contributed by atoms with van der Waals surface area (Å²) in [7, 11) is 3.81. The Bertz CT molecular complexity index is 878. The van der Waals surface area contributed by atoms with E-state index >= 15 is 0 Å². The Morgan fingerprint density at radius 3 is 2.39 bits per heavy atom. The molecule has 1 aliphatic rings. The van der Waals surface area contributed by atoms with Gasteiger partial charge in [0, 0.05) is 39.2 Å². The molecule has 0 unspecified atom stereocenters. The number of anilines is 2. The van der Waals surface area contributed by atoms with Crippen molar-refractivity contribution >= 4 is 23.2 Å². The highest BCUT2D eigenvalue weighted by molar-refractivity contribution is 5.97. The molecule has 2 aromatic carbocycles. The van der Waals surface area contributed by atoms with Gasteiger partial charge in [0.15, 0.2) is 0 Å². The van der Waals surface area contributed by atoms with Crippen LogP contribution < -0.4 is 10.2 Å². The molecule has 1 N–H and O–H groups in total. The van der Waals surface area contributed by atoms with E-state index in [1.807, 2.05) is 43.3 Å². The maximum atomic E-state index is 13.9. The van der Waals surface area contributed by atoms with Gasteiger partial charge in [-0.3, -0.25) is 9.59 Å². The summed E-state index contributed by atoms with van der Waals surface area (Å²) in [5.41, 5.74) is 1.50. The molecule has 1 aliphatic heterocycles. The smallest absolute Gasteiger partial charge is 0.256 e. The van der Waals surface area contributed by atoms with Crippen LogP contribution in [0.4, 0.5) is 20.2 Å². The molecule has 0 atom stereocenters. The average molecular weight is 387 g/mol. The second-order valence-corrected chi connectivity index (χ2v) is 7.09. The molecule has 0 aromatic heterocycles. The average Bonchev–Trinajstić information content (AvgIpc) is 2.68. The number of benzene rings is 2. The summed E-state index contributed by atoms with van der Waals surface area (Å²) >= 11 is 0. The lowest BCUT2D eigenvalue weighted by molar-refractivity contribution is -0.121. The normalized spacial score (nSPS) is 14.6. The molecule has 0 aliphatic carbocycles. The van der Waals surface area contributed by atoms with Crippen LogP contribution in [-0.4, -0.2) is 43.9 Å². The summed E-state index contributed by atoms with van der Waals surface area (Å²) in [6.45, 7) is 0.701. The van der Waals surface area contributed by atoms with Crippen LogP contribution in [0, 0.1) is 17.6 Å². The van der Waals surface area contributed by atoms with E-state index < -0.39 is 17.5 Å². The van der Waals surface area contributed by atoms with Crippen LogP contribution >= 0.6 is 0 Å². The van der Waals surface area contributed by atoms with Gasteiger partial charge in [-0.15, -0.1) is 0 Å². The number of rotatable bonds is 4. The molecule has 0 bridgehead atoms. The lowest BCUT2D eigenvalue weighted by Gasteiger charge is -2.31. The molecule has 1 heterocycles. The SMILES string of the molecule is CN(C)c1ccccc1NC(=O)C1CCN(C(=O)c2ccc(F)cc2F)CC1. The highest BCUT2D eigenvalue weighted by Crippen LogP contribution is 2.26. The van der Waals surface area contributed by atoms with Crippen LogP contribution in [0.3, 0.4) is 0 Å². The summed E-state index contributed by atoms with van der Waals surface area (Å²) in [5, 5.41) is 2.97. The first-order valence-electron chi connectivity index (χ1n) is 9.18. The van der Waals surface area contributed by atoms with Crippen molar-refractivity contribution < 1.29 is 18.4 Å². The Morgan fingerprint density at radius 1 is 1.07 bits per heavy atom. The molecule has 5 nitrogen and oxygen atoms in total. The predicted molar refractivity (Wildman–Crippen MR) is 104 cm³/mol. The zero-order chi connectivity index (χ0) is 20.3. The maximum absolute atomic E-state index is 13.9. The Hall–Kier alpha value is -2.96. The summed E-state index contributed by atoms with van der Waals surface area (Å²) in [6, 6.07) is 10.5. The summed E-state index contributed by atoms with van der Waals surface area (Å²) in [4.78, 5) is 28.6. The van der Waals surface area contributed by atoms with Gasteiger partial charge in [-0.1, -0.05) is 12.1 Å². The Balaban J connectivity index is 1.61. The lowest BCUT2D eigenvalue weighted by atomic mass is 9.95. The number of likely N-dealkylation sites (tertiary alicyclic amines) is 1. The van der Waals surface area contributed by atoms with Crippen LogP contribution in [-0.2, 0) is 4.79 Å². The van der Waals surface area contributed by atoms with Gasteiger partial charge in [0.05, 0.1) is 16.9 Å². The number of hydrogen-bond donors (Lipinski definition) is 1. The van der Waals surface area contributed by atoms with E-state index in [-0.39, 0.29) is 17.4 Å². The van der Waals surface area contributed by atoms with Crippen molar-refractivity contribution in [2.75, 3.05) is 37.4 Å². The van der Waals surface area contributed by atoms with Gasteiger partial charge < -0.3 is 15.1 Å². The van der Waals surface area contributed by atoms with Crippen molar-refractivity contribution in [3.63, 3.8) is 0 Å². The molecule has 3 rings (SSSR count). The van der Waals surface area contributed by atoms with E-state index in [2.05, 4.69) is 5.32 Å². The molecule has 2 aromatic rings. The first-order chi connectivity index (χ1) is 13.4. The quantitative estimate of drug-likeness (QED) is 0.873. The van der Waals surface area contributed by atoms with Crippen LogP contribution in [0.5, 0.6) is 0 Å². The van der Waals surface area contributed by atoms with Crippen molar-refractivity contribution in [3.05, 3.63) is 59.7 Å². The fourth-order valence-electron chi connectivity index (χ4n) is 3.38. The highest BCUT2D eigenvalue weighted by Gasteiger charge is 2.29. The summed E-state index contributed by atoms with van der Waals surface area (Å²) < 4.78 is 26.9. The molecule has 28 heavy (non-hydrogen) atoms. The Kier molecular flexibility index (Phi) is 5.92. The Labute approximate surface area is 162 Å². The monoisotopic (exact) mass is 387 g/mol. The van der Waals surface area contributed by atoms with Gasteiger partial charge in [-0.2, -0.15) is 0 Å². The second-order valence-electron chi connectivity index (χ2n) is 7.09. The van der Waals surface area contributed by atoms with E-state index in [0.29, 0.717) is 32.0 Å². The third kappa shape index (κ3) is 4.30. The first-order valence-corrected chi connectivity index (χ1v) is 9.18. The lowest BCUT2D eigenvalue weighted by Crippen LogP contribution is -2.41. The van der Waals surface area contributed by atoms with Gasteiger partial charge in [-0.25, -0.2) is 8.78 Å². The number of carbonyl (C=O) groups excluding carboxylic acids is 2. The summed E-state index contributed by atoms with van der Waals surface area (Å²) in [6.07, 6.45) is 0.981. The fraction of sp³-hybridized carbons (Fsp3) is 0.333. The van der Waals surface area contributed by atoms with Crippen molar-refractivity contribution in [2.24, 2.45) is 5.92 Å². The van der Waals surface area contributed by atoms with E-state index in [0.717, 1.165) is 23.5 Å². The third-order valence-electron chi connectivity index (χ3n) is 4.96. The minimum absolute atomic E-state index is 0.0886. The fourth-order valence-corrected chi connectivity index (χ4v) is 3.38. The second kappa shape index (κ2) is 8.37. The van der Waals surface area contributed by atoms with Crippen LogP contribution in [0.15, 0.2) is 42.5 Å². The van der Waals surface area contributed by atoms with E-state index in [9.17, 15) is 18.4 Å². The molecule has 0 radical (unpaired) electrons. The minimum atomic E-state index is -0.870. The van der Waals surface area contributed by atoms with Crippen molar-refractivity contribution in [1.82, 2.24) is 4.90 Å². The number of nitrogens with zero attached hydrogens (tertiary/aromatic N) is 2. The van der Waals surface area contributed by atoms with Crippen LogP contribution in [0.25, 0.3) is 0 Å². The molecule has 1 fully saturated rings. The standard InChI is InChI=1S/C21H23F2N3O2/c1-25(2)19-6-4-3-5-18(19)24-20(27)14-9-11-26(12-10-14)21(28)16-8-7-15(22)13-17(16)23/h3-8,13-14H,9-12H2,1-2H3,(H,24,27). The van der Waals surface area contributed by atoms with Crippen LogP contribution in [0.1, 0.15) is 23.2 Å². The molecule has 1 saturated heterocycles. The van der Waals surface area contributed by atoms with E-state index in [1.165, 1.54) is 4.90 Å². The molecule has 0 saturated carbocycles. The topological polar surface area (TPSA) is 52.7 Å². The number of piperidine rings is 1. The number of nitrogens with one attached hydrogen (secondary N) is 1. The van der Waals surface area contributed by atoms with E-state index in [4.69, 9.17) is 0 Å². The predicted octanol–water partition coefficient (Wildman–Crippen LogP) is 3.52. The van der Waals surface area contributed by atoms with Crippen molar-refractivity contribution in [3.8, 4) is 0 Å². The number of carbonyl (C=O) groups is 2. The van der Waals surface area contributed by atoms with Gasteiger partial charge in [0.25, 0.3) is 5.91 Å². The summed E-state index contributed by atoms with van der Waals surface area (Å²) in [5.74, 6) is -2.38. The zero-order valence-electron chi connectivity index (χ0n) is 15.9. The number of para-hydroxylation sites is 2. The first kappa shape index (κ1) is 19.8. The zero-order valence-corrected chi connectivity index (χ0v) is 15.9. The van der Waals surface area contributed by atoms with Crippen LogP contribution in [0.2, 0.25) is 0 Å². The molecular weight excluding hydrogens is 364 g/mol. The van der Waals surface area contributed by atoms with Crippen molar-refractivity contribution in [1.29, 1.82) is 0 Å². The largest absolute Gasteiger partial charge is 0.376 e. The van der Waals surface area contributed by atoms with Gasteiger partial charge in [-0.05, 0) is 37.1 Å². The maximum Gasteiger partial charge on any atom is 0.256 e. The van der Waals surface area contributed by atoms with Gasteiger partial charge in [0.2, 0.25) is 5.91 Å². The van der Waals surface area contributed by atoms with E-state index in [1.54, 1.807) is 0 Å². The molecule has 2 amide bonds.